The van der Waals surface area contributed by atoms with Crippen molar-refractivity contribution in [2.45, 2.75) is 13.5 Å². The van der Waals surface area contributed by atoms with E-state index in [0.29, 0.717) is 23.4 Å². The summed E-state index contributed by atoms with van der Waals surface area (Å²) < 4.78 is 6.60. The molecule has 3 rings (SSSR count). The first kappa shape index (κ1) is 14.7. The van der Waals surface area contributed by atoms with Crippen LogP contribution in [-0.2, 0) is 11.3 Å². The fourth-order valence-electron chi connectivity index (χ4n) is 2.23. The zero-order chi connectivity index (χ0) is 16.2. The third kappa shape index (κ3) is 2.74. The van der Waals surface area contributed by atoms with Gasteiger partial charge in [-0.2, -0.15) is 10.4 Å². The minimum absolute atomic E-state index is 0.0783. The molecule has 0 fully saturated rings. The maximum Gasteiger partial charge on any atom is 0.360 e. The molecule has 0 radical (unpaired) electrons. The molecule has 7 heteroatoms. The van der Waals surface area contributed by atoms with Crippen LogP contribution >= 0.6 is 0 Å². The maximum absolute atomic E-state index is 12.2. The van der Waals surface area contributed by atoms with Crippen molar-refractivity contribution in [3.8, 4) is 17.3 Å². The van der Waals surface area contributed by atoms with Crippen LogP contribution in [0, 0.1) is 11.3 Å². The van der Waals surface area contributed by atoms with Crippen LogP contribution in [0.4, 0.5) is 0 Å². The van der Waals surface area contributed by atoms with Gasteiger partial charge >= 0.3 is 5.97 Å². The number of nitriles is 1. The number of rotatable bonds is 4. The van der Waals surface area contributed by atoms with Gasteiger partial charge in [-0.25, -0.2) is 19.4 Å². The predicted octanol–water partition coefficient (Wildman–Crippen LogP) is 2.19. The molecule has 0 unspecified atom stereocenters. The van der Waals surface area contributed by atoms with E-state index in [4.69, 9.17) is 10.00 Å². The molecule has 0 N–H and O–H groups in total. The smallest absolute Gasteiger partial charge is 0.360 e. The van der Waals surface area contributed by atoms with Gasteiger partial charge in [0, 0.05) is 12.1 Å². The molecule has 2 heterocycles. The first-order valence-corrected chi connectivity index (χ1v) is 7.07. The number of hydrogen-bond donors (Lipinski definition) is 0. The lowest BCUT2D eigenvalue weighted by Crippen LogP contribution is -2.11. The highest BCUT2D eigenvalue weighted by molar-refractivity contribution is 5.96. The highest BCUT2D eigenvalue weighted by Crippen LogP contribution is 2.23. The van der Waals surface area contributed by atoms with Crippen LogP contribution in [-0.4, -0.2) is 32.3 Å². The topological polar surface area (TPSA) is 93.7 Å². The average Bonchev–Trinajstić information content (AvgIpc) is 3.01. The van der Waals surface area contributed by atoms with E-state index in [1.807, 2.05) is 37.3 Å². The summed E-state index contributed by atoms with van der Waals surface area (Å²) in [5.74, 6) is -0.677. The molecule has 0 saturated heterocycles. The molecule has 0 amide bonds. The van der Waals surface area contributed by atoms with Gasteiger partial charge in [0.05, 0.1) is 6.20 Å². The van der Waals surface area contributed by atoms with Crippen molar-refractivity contribution in [2.24, 2.45) is 0 Å². The number of nitrogens with zero attached hydrogens (tertiary/aromatic N) is 5. The molecule has 0 aliphatic heterocycles. The Balaban J connectivity index is 2.20. The average molecular weight is 307 g/mol. The first-order valence-electron chi connectivity index (χ1n) is 7.07. The molecule has 7 nitrogen and oxygen atoms in total. The minimum Gasteiger partial charge on any atom is -0.445 e. The summed E-state index contributed by atoms with van der Waals surface area (Å²) in [6.07, 6.45) is 1.56. The van der Waals surface area contributed by atoms with Crippen LogP contribution in [0.25, 0.3) is 22.4 Å². The van der Waals surface area contributed by atoms with E-state index in [-0.39, 0.29) is 12.3 Å². The van der Waals surface area contributed by atoms with Crippen LogP contribution in [0.15, 0.2) is 36.5 Å². The number of hydrogen-bond acceptors (Lipinski definition) is 6. The molecule has 0 bridgehead atoms. The SMILES string of the molecule is CCn1ncc2nc(C(=O)OCC#N)c(-c3ccccc3)nc21. The second-order valence-corrected chi connectivity index (χ2v) is 4.69. The summed E-state index contributed by atoms with van der Waals surface area (Å²) in [7, 11) is 0. The van der Waals surface area contributed by atoms with Crippen molar-refractivity contribution in [1.29, 1.82) is 5.26 Å². The van der Waals surface area contributed by atoms with Crippen LogP contribution in [0.5, 0.6) is 0 Å². The zero-order valence-corrected chi connectivity index (χ0v) is 12.4. The molecule has 0 saturated carbocycles. The fourth-order valence-corrected chi connectivity index (χ4v) is 2.23. The molecule has 0 aliphatic carbocycles. The molecule has 1 aromatic carbocycles. The van der Waals surface area contributed by atoms with Crippen LogP contribution in [0.1, 0.15) is 17.4 Å². The van der Waals surface area contributed by atoms with Gasteiger partial charge in [0.25, 0.3) is 0 Å². The number of esters is 1. The lowest BCUT2D eigenvalue weighted by Gasteiger charge is -2.08. The number of ether oxygens (including phenoxy) is 1. The quantitative estimate of drug-likeness (QED) is 0.686. The number of aryl methyl sites for hydroxylation is 1. The van der Waals surface area contributed by atoms with Crippen molar-refractivity contribution < 1.29 is 9.53 Å². The summed E-state index contributed by atoms with van der Waals surface area (Å²) in [5.41, 5.74) is 2.35. The lowest BCUT2D eigenvalue weighted by atomic mass is 10.1. The minimum atomic E-state index is -0.677. The van der Waals surface area contributed by atoms with E-state index in [2.05, 4.69) is 15.1 Å². The molecular weight excluding hydrogens is 294 g/mol. The van der Waals surface area contributed by atoms with E-state index in [9.17, 15) is 4.79 Å². The molecule has 23 heavy (non-hydrogen) atoms. The van der Waals surface area contributed by atoms with Crippen LogP contribution in [0.2, 0.25) is 0 Å². The first-order chi connectivity index (χ1) is 11.2. The van der Waals surface area contributed by atoms with E-state index in [0.717, 1.165) is 5.56 Å². The van der Waals surface area contributed by atoms with E-state index < -0.39 is 5.97 Å². The van der Waals surface area contributed by atoms with Crippen molar-refractivity contribution in [3.05, 3.63) is 42.2 Å². The Bertz CT molecular complexity index is 896. The largest absolute Gasteiger partial charge is 0.445 e. The molecule has 114 valence electrons. The van der Waals surface area contributed by atoms with Gasteiger partial charge in [-0.1, -0.05) is 30.3 Å². The van der Waals surface area contributed by atoms with Crippen LogP contribution < -0.4 is 0 Å². The van der Waals surface area contributed by atoms with Crippen molar-refractivity contribution in [2.75, 3.05) is 6.61 Å². The normalized spacial score (nSPS) is 10.4. The Morgan fingerprint density at radius 3 is 2.78 bits per heavy atom. The van der Waals surface area contributed by atoms with Gasteiger partial charge in [-0.05, 0) is 6.92 Å². The Labute approximate surface area is 132 Å². The van der Waals surface area contributed by atoms with E-state index in [1.165, 1.54) is 0 Å². The van der Waals surface area contributed by atoms with Crippen LogP contribution in [0.3, 0.4) is 0 Å². The summed E-state index contributed by atoms with van der Waals surface area (Å²) in [6, 6.07) is 11.0. The monoisotopic (exact) mass is 307 g/mol. The highest BCUT2D eigenvalue weighted by atomic mass is 16.5. The molecular formula is C16H13N5O2. The Morgan fingerprint density at radius 1 is 1.30 bits per heavy atom. The van der Waals surface area contributed by atoms with Crippen molar-refractivity contribution >= 4 is 17.1 Å². The van der Waals surface area contributed by atoms with Gasteiger partial charge in [0.15, 0.2) is 17.9 Å². The van der Waals surface area contributed by atoms with E-state index in [1.54, 1.807) is 16.9 Å². The summed E-state index contributed by atoms with van der Waals surface area (Å²) in [4.78, 5) is 21.1. The maximum atomic E-state index is 12.2. The Kier molecular flexibility index (Phi) is 3.97. The highest BCUT2D eigenvalue weighted by Gasteiger charge is 2.20. The predicted molar refractivity (Wildman–Crippen MR) is 82.3 cm³/mol. The standard InChI is InChI=1S/C16H13N5O2/c1-2-21-15-12(10-18-21)19-14(16(22)23-9-8-17)13(20-15)11-6-4-3-5-7-11/h3-7,10H,2,9H2,1H3. The van der Waals surface area contributed by atoms with Gasteiger partial charge < -0.3 is 4.74 Å². The summed E-state index contributed by atoms with van der Waals surface area (Å²) in [5, 5.41) is 12.8. The molecule has 0 spiro atoms. The lowest BCUT2D eigenvalue weighted by molar-refractivity contribution is 0.0549. The number of benzene rings is 1. The molecule has 3 aromatic rings. The van der Waals surface area contributed by atoms with Gasteiger partial charge in [-0.3, -0.25) is 0 Å². The zero-order valence-electron chi connectivity index (χ0n) is 12.4. The van der Waals surface area contributed by atoms with Gasteiger partial charge in [0.1, 0.15) is 17.3 Å². The third-order valence-corrected chi connectivity index (χ3v) is 3.28. The second-order valence-electron chi connectivity index (χ2n) is 4.69. The summed E-state index contributed by atoms with van der Waals surface area (Å²) in [6.45, 7) is 2.26. The third-order valence-electron chi connectivity index (χ3n) is 3.28. The number of aromatic nitrogens is 4. The number of carbonyl (C=O) groups is 1. The number of fused-ring (bicyclic) bond motifs is 1. The Morgan fingerprint density at radius 2 is 2.09 bits per heavy atom. The molecule has 0 aliphatic rings. The molecule has 0 atom stereocenters. The van der Waals surface area contributed by atoms with Gasteiger partial charge in [0.2, 0.25) is 0 Å². The van der Waals surface area contributed by atoms with Gasteiger partial charge in [-0.15, -0.1) is 0 Å². The van der Waals surface area contributed by atoms with E-state index >= 15 is 0 Å². The van der Waals surface area contributed by atoms with Crippen molar-refractivity contribution in [1.82, 2.24) is 19.7 Å². The molecule has 2 aromatic heterocycles. The van der Waals surface area contributed by atoms with Crippen molar-refractivity contribution in [3.63, 3.8) is 0 Å². The number of carbonyl (C=O) groups excluding carboxylic acids is 1. The fraction of sp³-hybridized carbons (Fsp3) is 0.188. The summed E-state index contributed by atoms with van der Waals surface area (Å²) >= 11 is 0. The second kappa shape index (κ2) is 6.23. The Hall–Kier alpha value is -3.27.